The summed E-state index contributed by atoms with van der Waals surface area (Å²) in [6.07, 6.45) is 3.85. The summed E-state index contributed by atoms with van der Waals surface area (Å²) in [4.78, 5) is 30.7. The molecule has 1 aromatic carbocycles. The molecule has 3 rings (SSSR count). The smallest absolute Gasteiger partial charge is 0.248 e. The van der Waals surface area contributed by atoms with Crippen molar-refractivity contribution >= 4 is 17.6 Å². The molecule has 2 amide bonds. The number of carbonyl (C=O) groups excluding carboxylic acids is 2. The fourth-order valence-corrected chi connectivity index (χ4v) is 3.25. The molecule has 0 spiro atoms. The predicted molar refractivity (Wildman–Crippen MR) is 108 cm³/mol. The molecule has 2 heterocycles. The molecule has 2 aromatic rings. The van der Waals surface area contributed by atoms with Crippen LogP contribution in [0.4, 0.5) is 5.82 Å². The zero-order valence-electron chi connectivity index (χ0n) is 16.3. The van der Waals surface area contributed by atoms with Crippen molar-refractivity contribution in [3.05, 3.63) is 59.8 Å². The van der Waals surface area contributed by atoms with Gasteiger partial charge in [0.25, 0.3) is 0 Å². The van der Waals surface area contributed by atoms with Crippen LogP contribution in [-0.4, -0.2) is 48.0 Å². The van der Waals surface area contributed by atoms with Gasteiger partial charge in [0.1, 0.15) is 12.4 Å². The summed E-state index contributed by atoms with van der Waals surface area (Å²) in [6.45, 7) is 3.74. The molecule has 6 nitrogen and oxygen atoms in total. The Hall–Kier alpha value is -2.73. The molecule has 28 heavy (non-hydrogen) atoms. The molecule has 148 valence electrons. The van der Waals surface area contributed by atoms with Crippen molar-refractivity contribution in [2.45, 2.75) is 26.2 Å². The Morgan fingerprint density at radius 2 is 1.89 bits per heavy atom. The van der Waals surface area contributed by atoms with Crippen molar-refractivity contribution in [3.8, 4) is 0 Å². The number of ether oxygens (including phenoxy) is 1. The van der Waals surface area contributed by atoms with Gasteiger partial charge < -0.3 is 15.0 Å². The number of pyridine rings is 1. The van der Waals surface area contributed by atoms with Crippen LogP contribution in [0.2, 0.25) is 0 Å². The quantitative estimate of drug-likeness (QED) is 0.749. The molecule has 0 aliphatic carbocycles. The van der Waals surface area contributed by atoms with Gasteiger partial charge in [0.15, 0.2) is 0 Å². The van der Waals surface area contributed by atoms with Gasteiger partial charge in [-0.05, 0) is 43.4 Å². The van der Waals surface area contributed by atoms with Crippen molar-refractivity contribution in [2.24, 2.45) is 5.92 Å². The maximum absolute atomic E-state index is 12.4. The second-order valence-corrected chi connectivity index (χ2v) is 7.15. The first-order valence-electron chi connectivity index (χ1n) is 9.75. The van der Waals surface area contributed by atoms with E-state index >= 15 is 0 Å². The predicted octanol–water partition coefficient (Wildman–Crippen LogP) is 2.83. The number of benzene rings is 1. The first-order valence-corrected chi connectivity index (χ1v) is 9.75. The maximum atomic E-state index is 12.4. The maximum Gasteiger partial charge on any atom is 0.248 e. The highest BCUT2D eigenvalue weighted by Crippen LogP contribution is 2.19. The lowest BCUT2D eigenvalue weighted by molar-refractivity contribution is -0.138. The van der Waals surface area contributed by atoms with Crippen molar-refractivity contribution in [1.82, 2.24) is 9.88 Å². The number of nitrogens with one attached hydrogen (secondary N) is 1. The van der Waals surface area contributed by atoms with E-state index in [0.717, 1.165) is 12.0 Å². The number of hydrogen-bond acceptors (Lipinski definition) is 4. The van der Waals surface area contributed by atoms with Crippen LogP contribution in [0.5, 0.6) is 0 Å². The number of aromatic nitrogens is 1. The number of hydrogen-bond donors (Lipinski definition) is 1. The van der Waals surface area contributed by atoms with Gasteiger partial charge in [-0.15, -0.1) is 0 Å². The van der Waals surface area contributed by atoms with Crippen LogP contribution in [0.1, 0.15) is 24.0 Å². The third-order valence-electron chi connectivity index (χ3n) is 4.98. The molecule has 1 aliphatic heterocycles. The topological polar surface area (TPSA) is 71.5 Å². The molecular weight excluding hydrogens is 354 g/mol. The van der Waals surface area contributed by atoms with Gasteiger partial charge in [0.05, 0.1) is 6.61 Å². The van der Waals surface area contributed by atoms with Gasteiger partial charge >= 0.3 is 0 Å². The Balaban J connectivity index is 1.35. The van der Waals surface area contributed by atoms with Gasteiger partial charge in [0, 0.05) is 25.2 Å². The summed E-state index contributed by atoms with van der Waals surface area (Å²) in [5.74, 6) is 0.446. The van der Waals surface area contributed by atoms with Gasteiger partial charge in [-0.3, -0.25) is 9.59 Å². The Morgan fingerprint density at radius 3 is 2.57 bits per heavy atom. The van der Waals surface area contributed by atoms with Crippen LogP contribution in [0, 0.1) is 12.8 Å². The number of carbonyl (C=O) groups is 2. The molecule has 0 atom stereocenters. The minimum atomic E-state index is -0.0915. The monoisotopic (exact) mass is 381 g/mol. The number of likely N-dealkylation sites (tertiary alicyclic amines) is 1. The van der Waals surface area contributed by atoms with Gasteiger partial charge in [-0.2, -0.15) is 0 Å². The van der Waals surface area contributed by atoms with Crippen LogP contribution in [0.3, 0.4) is 0 Å². The van der Waals surface area contributed by atoms with Crippen molar-refractivity contribution in [2.75, 3.05) is 31.6 Å². The summed E-state index contributed by atoms with van der Waals surface area (Å²) in [5, 5.41) is 2.86. The Morgan fingerprint density at radius 1 is 1.14 bits per heavy atom. The average Bonchev–Trinajstić information content (AvgIpc) is 2.73. The van der Waals surface area contributed by atoms with Crippen molar-refractivity contribution in [3.63, 3.8) is 0 Å². The van der Waals surface area contributed by atoms with Crippen LogP contribution in [0.25, 0.3) is 0 Å². The van der Waals surface area contributed by atoms with E-state index in [1.54, 1.807) is 17.2 Å². The van der Waals surface area contributed by atoms with E-state index in [2.05, 4.69) is 10.3 Å². The molecule has 1 aliphatic rings. The molecule has 0 saturated carbocycles. The molecule has 6 heteroatoms. The second-order valence-electron chi connectivity index (χ2n) is 7.15. The molecular formula is C22H27N3O3. The molecule has 1 fully saturated rings. The van der Waals surface area contributed by atoms with Crippen LogP contribution >= 0.6 is 0 Å². The summed E-state index contributed by atoms with van der Waals surface area (Å²) in [5.41, 5.74) is 2.25. The average molecular weight is 381 g/mol. The molecule has 0 radical (unpaired) electrons. The number of aryl methyl sites for hydroxylation is 1. The highest BCUT2D eigenvalue weighted by Gasteiger charge is 2.27. The fourth-order valence-electron chi connectivity index (χ4n) is 3.25. The number of rotatable bonds is 7. The largest absolute Gasteiger partial charge is 0.371 e. The SMILES string of the molecule is Cc1ccc(NC(=O)C2CCN(C(=O)COCCc3ccccc3)CC2)nc1. The van der Waals surface area contributed by atoms with E-state index in [1.807, 2.05) is 43.3 Å². The third kappa shape index (κ3) is 5.89. The standard InChI is InChI=1S/C22H27N3O3/c1-17-7-8-20(23-15-17)24-22(27)19-9-12-25(13-10-19)21(26)16-28-14-11-18-5-3-2-4-6-18/h2-8,15,19H,9-14,16H2,1H3,(H,23,24,27). The lowest BCUT2D eigenvalue weighted by Gasteiger charge is -2.31. The third-order valence-corrected chi connectivity index (χ3v) is 4.98. The first-order chi connectivity index (χ1) is 13.6. The highest BCUT2D eigenvalue weighted by atomic mass is 16.5. The number of amides is 2. The highest BCUT2D eigenvalue weighted by molar-refractivity contribution is 5.91. The van der Waals surface area contributed by atoms with E-state index < -0.39 is 0 Å². The lowest BCUT2D eigenvalue weighted by atomic mass is 9.96. The zero-order valence-corrected chi connectivity index (χ0v) is 16.3. The summed E-state index contributed by atoms with van der Waals surface area (Å²) in [6, 6.07) is 13.8. The molecule has 0 unspecified atom stereocenters. The van der Waals surface area contributed by atoms with Gasteiger partial charge in [-0.1, -0.05) is 36.4 Å². The molecule has 1 saturated heterocycles. The number of nitrogens with zero attached hydrogens (tertiary/aromatic N) is 2. The molecule has 1 aromatic heterocycles. The lowest BCUT2D eigenvalue weighted by Crippen LogP contribution is -2.43. The van der Waals surface area contributed by atoms with Gasteiger partial charge in [0.2, 0.25) is 11.8 Å². The van der Waals surface area contributed by atoms with Crippen molar-refractivity contribution < 1.29 is 14.3 Å². The number of anilines is 1. The Bertz CT molecular complexity index is 769. The van der Waals surface area contributed by atoms with E-state index in [0.29, 0.717) is 38.4 Å². The summed E-state index contributed by atoms with van der Waals surface area (Å²) < 4.78 is 5.54. The normalized spacial score (nSPS) is 14.7. The summed E-state index contributed by atoms with van der Waals surface area (Å²) >= 11 is 0. The van der Waals surface area contributed by atoms with Crippen LogP contribution in [0.15, 0.2) is 48.7 Å². The minimum Gasteiger partial charge on any atom is -0.371 e. The Labute approximate surface area is 165 Å². The van der Waals surface area contributed by atoms with E-state index in [4.69, 9.17) is 4.74 Å². The van der Waals surface area contributed by atoms with Gasteiger partial charge in [-0.25, -0.2) is 4.98 Å². The second kappa shape index (κ2) is 9.99. The first kappa shape index (κ1) is 20.0. The van der Waals surface area contributed by atoms with Crippen molar-refractivity contribution in [1.29, 1.82) is 0 Å². The Kier molecular flexibility index (Phi) is 7.14. The fraction of sp³-hybridized carbons (Fsp3) is 0.409. The summed E-state index contributed by atoms with van der Waals surface area (Å²) in [7, 11) is 0. The van der Waals surface area contributed by atoms with E-state index in [-0.39, 0.29) is 24.3 Å². The van der Waals surface area contributed by atoms with Crippen LogP contribution in [-0.2, 0) is 20.7 Å². The zero-order chi connectivity index (χ0) is 19.8. The molecule has 0 bridgehead atoms. The molecule has 1 N–H and O–H groups in total. The van der Waals surface area contributed by atoms with E-state index in [9.17, 15) is 9.59 Å². The van der Waals surface area contributed by atoms with E-state index in [1.165, 1.54) is 5.56 Å². The number of piperidine rings is 1. The minimum absolute atomic E-state index is 0.00730. The van der Waals surface area contributed by atoms with Crippen LogP contribution < -0.4 is 5.32 Å².